The zero-order valence-corrected chi connectivity index (χ0v) is 15.2. The molecule has 4 unspecified atom stereocenters. The van der Waals surface area contributed by atoms with Crippen molar-refractivity contribution in [1.29, 1.82) is 0 Å². The zero-order valence-electron chi connectivity index (χ0n) is 14.5. The summed E-state index contributed by atoms with van der Waals surface area (Å²) in [5, 5.41) is 8.03. The van der Waals surface area contributed by atoms with E-state index in [0.717, 1.165) is 48.0 Å². The van der Waals surface area contributed by atoms with Gasteiger partial charge in [0.25, 0.3) is 0 Å². The summed E-state index contributed by atoms with van der Waals surface area (Å²) >= 11 is 6.33. The summed E-state index contributed by atoms with van der Waals surface area (Å²) in [5.41, 5.74) is 3.05. The number of aryl methyl sites for hydroxylation is 1. The molecule has 2 N–H and O–H groups in total. The topological polar surface area (TPSA) is 54.0 Å². The summed E-state index contributed by atoms with van der Waals surface area (Å²) in [7, 11) is 0. The van der Waals surface area contributed by atoms with Crippen LogP contribution in [-0.4, -0.2) is 28.9 Å². The number of piperidine rings is 1. The molecule has 0 spiro atoms. The van der Waals surface area contributed by atoms with Gasteiger partial charge in [0.05, 0.1) is 11.4 Å². The lowest BCUT2D eigenvalue weighted by molar-refractivity contribution is -0.129. The van der Waals surface area contributed by atoms with Crippen molar-refractivity contribution in [3.8, 4) is 0 Å². The van der Waals surface area contributed by atoms with Crippen molar-refractivity contribution in [2.24, 2.45) is 11.8 Å². The van der Waals surface area contributed by atoms with E-state index < -0.39 is 0 Å². The van der Waals surface area contributed by atoms with Gasteiger partial charge in [-0.15, -0.1) is 11.6 Å². The van der Waals surface area contributed by atoms with Crippen molar-refractivity contribution < 1.29 is 4.79 Å². The number of aromatic nitrogens is 1. The van der Waals surface area contributed by atoms with E-state index in [1.807, 2.05) is 25.1 Å². The molecular weight excluding hydrogens is 334 g/mol. The van der Waals surface area contributed by atoms with E-state index in [1.165, 1.54) is 0 Å². The van der Waals surface area contributed by atoms with E-state index in [9.17, 15) is 4.79 Å². The summed E-state index contributed by atoms with van der Waals surface area (Å²) in [5.74, 6) is 0.708. The molecular formula is C20H24ClN3O. The molecule has 1 aliphatic heterocycles. The quantitative estimate of drug-likeness (QED) is 0.820. The van der Waals surface area contributed by atoms with Crippen LogP contribution in [0.1, 0.15) is 31.4 Å². The number of hydrogen-bond acceptors (Lipinski definition) is 3. The summed E-state index contributed by atoms with van der Waals surface area (Å²) in [6.45, 7) is 2.66. The van der Waals surface area contributed by atoms with Crippen LogP contribution < -0.4 is 10.6 Å². The number of amides is 1. The number of pyridine rings is 1. The smallest absolute Gasteiger partial charge is 0.225 e. The molecule has 2 heterocycles. The van der Waals surface area contributed by atoms with Crippen molar-refractivity contribution in [2.75, 3.05) is 11.9 Å². The lowest BCUT2D eigenvalue weighted by Crippen LogP contribution is -2.53. The number of benzene rings is 1. The van der Waals surface area contributed by atoms with Gasteiger partial charge in [-0.05, 0) is 62.8 Å². The fourth-order valence-corrected chi connectivity index (χ4v) is 4.54. The standard InChI is InChI=1S/C20H24ClN3O/c1-12-2-3-13-10-17(5-7-18(13)23-12)22-11-15-8-14-9-16(21)4-6-19(14)24-20(15)25/h2-3,5,7,10,14-16,19,22H,4,6,8-9,11H2,1H3,(H,24,25). The van der Waals surface area contributed by atoms with Gasteiger partial charge >= 0.3 is 0 Å². The third-order valence-electron chi connectivity index (χ3n) is 5.59. The maximum absolute atomic E-state index is 12.4. The minimum Gasteiger partial charge on any atom is -0.384 e. The van der Waals surface area contributed by atoms with Gasteiger partial charge in [-0.3, -0.25) is 9.78 Å². The molecule has 2 aliphatic rings. The van der Waals surface area contributed by atoms with E-state index in [-0.39, 0.29) is 17.2 Å². The second kappa shape index (κ2) is 6.83. The van der Waals surface area contributed by atoms with Gasteiger partial charge in [0.2, 0.25) is 5.91 Å². The molecule has 1 aliphatic carbocycles. The number of rotatable bonds is 3. The number of carbonyl (C=O) groups is 1. The largest absolute Gasteiger partial charge is 0.384 e. The Balaban J connectivity index is 1.42. The van der Waals surface area contributed by atoms with Gasteiger partial charge in [0.15, 0.2) is 0 Å². The summed E-state index contributed by atoms with van der Waals surface area (Å²) < 4.78 is 0. The normalized spacial score (nSPS) is 29.1. The van der Waals surface area contributed by atoms with E-state index in [0.29, 0.717) is 18.5 Å². The number of nitrogens with one attached hydrogen (secondary N) is 2. The Bertz CT molecular complexity index is 794. The van der Waals surface area contributed by atoms with Crippen LogP contribution in [0.5, 0.6) is 0 Å². The highest BCUT2D eigenvalue weighted by atomic mass is 35.5. The van der Waals surface area contributed by atoms with E-state index in [4.69, 9.17) is 11.6 Å². The average Bonchev–Trinajstić information content (AvgIpc) is 2.60. The van der Waals surface area contributed by atoms with Crippen LogP contribution in [0.2, 0.25) is 0 Å². The Kier molecular flexibility index (Phi) is 4.55. The average molecular weight is 358 g/mol. The molecule has 1 amide bonds. The number of hydrogen-bond donors (Lipinski definition) is 2. The first-order chi connectivity index (χ1) is 12.1. The highest BCUT2D eigenvalue weighted by molar-refractivity contribution is 6.20. The van der Waals surface area contributed by atoms with E-state index in [1.54, 1.807) is 0 Å². The maximum atomic E-state index is 12.4. The Morgan fingerprint density at radius 3 is 3.00 bits per heavy atom. The Labute approximate surface area is 153 Å². The summed E-state index contributed by atoms with van der Waals surface area (Å²) in [6.07, 6.45) is 3.98. The van der Waals surface area contributed by atoms with Gasteiger partial charge in [0, 0.05) is 34.7 Å². The monoisotopic (exact) mass is 357 g/mol. The molecule has 4 nitrogen and oxygen atoms in total. The third-order valence-corrected chi connectivity index (χ3v) is 5.98. The number of halogens is 1. The molecule has 2 fully saturated rings. The van der Waals surface area contributed by atoms with Crippen molar-refractivity contribution in [3.63, 3.8) is 0 Å². The molecule has 25 heavy (non-hydrogen) atoms. The van der Waals surface area contributed by atoms with Crippen LogP contribution in [-0.2, 0) is 4.79 Å². The fourth-order valence-electron chi connectivity index (χ4n) is 4.18. The SMILES string of the molecule is Cc1ccc2cc(NCC3CC4CC(Cl)CCC4NC3=O)ccc2n1. The van der Waals surface area contributed by atoms with Crippen LogP contribution in [0.4, 0.5) is 5.69 Å². The van der Waals surface area contributed by atoms with E-state index in [2.05, 4.69) is 27.8 Å². The van der Waals surface area contributed by atoms with Gasteiger partial charge in [-0.2, -0.15) is 0 Å². The molecule has 1 saturated carbocycles. The van der Waals surface area contributed by atoms with E-state index >= 15 is 0 Å². The molecule has 1 saturated heterocycles. The Morgan fingerprint density at radius 2 is 2.12 bits per heavy atom. The first-order valence-electron chi connectivity index (χ1n) is 9.14. The molecule has 0 radical (unpaired) electrons. The molecule has 4 rings (SSSR count). The molecule has 5 heteroatoms. The highest BCUT2D eigenvalue weighted by Gasteiger charge is 2.38. The minimum absolute atomic E-state index is 0.00931. The Morgan fingerprint density at radius 1 is 1.24 bits per heavy atom. The van der Waals surface area contributed by atoms with Crippen molar-refractivity contribution in [2.45, 2.75) is 44.0 Å². The first-order valence-corrected chi connectivity index (χ1v) is 9.58. The Hall–Kier alpha value is -1.81. The molecule has 1 aromatic heterocycles. The number of anilines is 1. The number of alkyl halides is 1. The predicted molar refractivity (Wildman–Crippen MR) is 102 cm³/mol. The molecule has 4 atom stereocenters. The first kappa shape index (κ1) is 16.6. The minimum atomic E-state index is 0.00931. The van der Waals surface area contributed by atoms with Gasteiger partial charge in [-0.1, -0.05) is 6.07 Å². The van der Waals surface area contributed by atoms with Crippen molar-refractivity contribution >= 4 is 34.1 Å². The summed E-state index contributed by atoms with van der Waals surface area (Å²) in [6, 6.07) is 10.6. The summed E-state index contributed by atoms with van der Waals surface area (Å²) in [4.78, 5) is 16.9. The number of nitrogens with zero attached hydrogens (tertiary/aromatic N) is 1. The molecule has 2 aromatic rings. The zero-order chi connectivity index (χ0) is 17.4. The predicted octanol–water partition coefficient (Wildman–Crippen LogP) is 3.87. The molecule has 0 bridgehead atoms. The van der Waals surface area contributed by atoms with Crippen LogP contribution in [0.15, 0.2) is 30.3 Å². The van der Waals surface area contributed by atoms with Crippen LogP contribution in [0.25, 0.3) is 10.9 Å². The fraction of sp³-hybridized carbons (Fsp3) is 0.500. The van der Waals surface area contributed by atoms with Gasteiger partial charge in [-0.25, -0.2) is 0 Å². The van der Waals surface area contributed by atoms with Crippen LogP contribution in [0, 0.1) is 18.8 Å². The lowest BCUT2D eigenvalue weighted by atomic mass is 9.75. The van der Waals surface area contributed by atoms with Crippen molar-refractivity contribution in [3.05, 3.63) is 36.0 Å². The van der Waals surface area contributed by atoms with Crippen LogP contribution >= 0.6 is 11.6 Å². The number of fused-ring (bicyclic) bond motifs is 2. The second-order valence-corrected chi connectivity index (χ2v) is 8.08. The lowest BCUT2D eigenvalue weighted by Gasteiger charge is -2.41. The third kappa shape index (κ3) is 3.59. The van der Waals surface area contributed by atoms with Crippen LogP contribution in [0.3, 0.4) is 0 Å². The highest BCUT2D eigenvalue weighted by Crippen LogP contribution is 2.35. The molecule has 132 valence electrons. The van der Waals surface area contributed by atoms with Crippen molar-refractivity contribution in [1.82, 2.24) is 10.3 Å². The number of carbonyl (C=O) groups excluding carboxylic acids is 1. The van der Waals surface area contributed by atoms with Gasteiger partial charge in [0.1, 0.15) is 0 Å². The van der Waals surface area contributed by atoms with Gasteiger partial charge < -0.3 is 10.6 Å². The molecule has 1 aromatic carbocycles. The maximum Gasteiger partial charge on any atom is 0.225 e. The second-order valence-electron chi connectivity index (χ2n) is 7.46.